The third-order valence-electron chi connectivity index (χ3n) is 2.71. The molecule has 106 valence electrons. The third kappa shape index (κ3) is 2.53. The van der Waals surface area contributed by atoms with Crippen molar-refractivity contribution in [2.24, 2.45) is 0 Å². The zero-order chi connectivity index (χ0) is 14.9. The van der Waals surface area contributed by atoms with Crippen LogP contribution in [0.3, 0.4) is 0 Å². The topological polar surface area (TPSA) is 70.1 Å². The molecule has 5 nitrogen and oxygen atoms in total. The van der Waals surface area contributed by atoms with Crippen molar-refractivity contribution in [2.75, 3.05) is 12.3 Å². The number of nitrogens with two attached hydrogens (primary N) is 1. The van der Waals surface area contributed by atoms with Crippen LogP contribution in [0, 0.1) is 12.7 Å². The fraction of sp³-hybridized carbons (Fsp3) is 0.231. The van der Waals surface area contributed by atoms with Gasteiger partial charge in [0.25, 0.3) is 0 Å². The summed E-state index contributed by atoms with van der Waals surface area (Å²) in [6.07, 6.45) is 0. The van der Waals surface area contributed by atoms with Crippen molar-refractivity contribution in [3.05, 3.63) is 40.0 Å². The van der Waals surface area contributed by atoms with Gasteiger partial charge in [0.2, 0.25) is 0 Å². The zero-order valence-corrected chi connectivity index (χ0v) is 12.6. The fourth-order valence-electron chi connectivity index (χ4n) is 1.85. The van der Waals surface area contributed by atoms with E-state index in [0.717, 1.165) is 0 Å². The first-order valence-corrected chi connectivity index (χ1v) is 6.72. The molecule has 1 heterocycles. The Labute approximate surface area is 123 Å². The number of esters is 1. The number of nitrogen functional groups attached to an aromatic ring is 1. The molecule has 1 aromatic carbocycles. The number of hydrogen-bond acceptors (Lipinski definition) is 4. The largest absolute Gasteiger partial charge is 0.461 e. The first kappa shape index (κ1) is 14.5. The average molecular weight is 342 g/mol. The second-order valence-electron chi connectivity index (χ2n) is 4.05. The van der Waals surface area contributed by atoms with Gasteiger partial charge in [0.15, 0.2) is 5.69 Å². The molecule has 20 heavy (non-hydrogen) atoms. The maximum absolute atomic E-state index is 13.6. The predicted octanol–water partition coefficient (Wildman–Crippen LogP) is 2.84. The number of aryl methyl sites for hydroxylation is 1. The Morgan fingerprint density at radius 2 is 2.25 bits per heavy atom. The van der Waals surface area contributed by atoms with Crippen LogP contribution in [0.4, 0.5) is 10.2 Å². The van der Waals surface area contributed by atoms with Gasteiger partial charge in [0.05, 0.1) is 16.8 Å². The summed E-state index contributed by atoms with van der Waals surface area (Å²) in [4.78, 5) is 15.8. The fourth-order valence-corrected chi connectivity index (χ4v) is 2.10. The standard InChI is InChI=1S/C13H13BrFN3O2/c1-3-20-13(19)11-12(16)18(7(2)17-11)8-4-5-9(14)10(15)6-8/h4-6H,3,16H2,1-2H3. The Hall–Kier alpha value is -1.89. The summed E-state index contributed by atoms with van der Waals surface area (Å²) < 4.78 is 20.3. The van der Waals surface area contributed by atoms with E-state index < -0.39 is 11.8 Å². The Morgan fingerprint density at radius 1 is 1.55 bits per heavy atom. The van der Waals surface area contributed by atoms with Crippen LogP contribution >= 0.6 is 15.9 Å². The molecule has 0 spiro atoms. The summed E-state index contributed by atoms with van der Waals surface area (Å²) in [6.45, 7) is 3.61. The molecule has 0 saturated carbocycles. The van der Waals surface area contributed by atoms with Gasteiger partial charge in [-0.05, 0) is 48.0 Å². The second-order valence-corrected chi connectivity index (χ2v) is 4.90. The van der Waals surface area contributed by atoms with Crippen molar-refractivity contribution < 1.29 is 13.9 Å². The van der Waals surface area contributed by atoms with Crippen molar-refractivity contribution in [1.29, 1.82) is 0 Å². The molecule has 2 rings (SSSR count). The second kappa shape index (κ2) is 5.62. The molecule has 2 aromatic rings. The number of hydrogen-bond donors (Lipinski definition) is 1. The molecular weight excluding hydrogens is 329 g/mol. The molecule has 0 fully saturated rings. The molecule has 0 saturated heterocycles. The smallest absolute Gasteiger partial charge is 0.360 e. The summed E-state index contributed by atoms with van der Waals surface area (Å²) in [5, 5.41) is 0. The highest BCUT2D eigenvalue weighted by Crippen LogP contribution is 2.24. The van der Waals surface area contributed by atoms with E-state index in [1.54, 1.807) is 26.0 Å². The van der Waals surface area contributed by atoms with Crippen LogP contribution in [-0.2, 0) is 4.74 Å². The molecule has 0 aliphatic heterocycles. The molecule has 0 radical (unpaired) electrons. The number of anilines is 1. The van der Waals surface area contributed by atoms with Gasteiger partial charge in [0.1, 0.15) is 17.5 Å². The first-order valence-electron chi connectivity index (χ1n) is 5.93. The van der Waals surface area contributed by atoms with Crippen LogP contribution in [0.2, 0.25) is 0 Å². The van der Waals surface area contributed by atoms with Gasteiger partial charge in [0, 0.05) is 0 Å². The highest BCUT2D eigenvalue weighted by Gasteiger charge is 2.20. The SMILES string of the molecule is CCOC(=O)c1nc(C)n(-c2ccc(Br)c(F)c2)c1N. The van der Waals surface area contributed by atoms with Crippen LogP contribution in [-0.4, -0.2) is 22.1 Å². The van der Waals surface area contributed by atoms with Crippen LogP contribution < -0.4 is 5.73 Å². The van der Waals surface area contributed by atoms with Gasteiger partial charge in [-0.15, -0.1) is 0 Å². The van der Waals surface area contributed by atoms with Gasteiger partial charge < -0.3 is 10.5 Å². The predicted molar refractivity (Wildman–Crippen MR) is 76.3 cm³/mol. The lowest BCUT2D eigenvalue weighted by atomic mass is 10.3. The van der Waals surface area contributed by atoms with E-state index in [1.165, 1.54) is 10.6 Å². The average Bonchev–Trinajstić information content (AvgIpc) is 2.69. The number of halogens is 2. The van der Waals surface area contributed by atoms with Crippen LogP contribution in [0.1, 0.15) is 23.2 Å². The molecule has 0 aliphatic carbocycles. The molecular formula is C13H13BrFN3O2. The van der Waals surface area contributed by atoms with Crippen molar-refractivity contribution in [3.63, 3.8) is 0 Å². The number of benzene rings is 1. The molecule has 7 heteroatoms. The number of imidazole rings is 1. The number of carbonyl (C=O) groups is 1. The van der Waals surface area contributed by atoms with Crippen molar-refractivity contribution in [2.45, 2.75) is 13.8 Å². The van der Waals surface area contributed by atoms with Gasteiger partial charge >= 0.3 is 5.97 Å². The first-order chi connectivity index (χ1) is 9.45. The lowest BCUT2D eigenvalue weighted by molar-refractivity contribution is 0.0521. The van der Waals surface area contributed by atoms with Gasteiger partial charge in [-0.1, -0.05) is 0 Å². The van der Waals surface area contributed by atoms with Gasteiger partial charge in [-0.25, -0.2) is 14.2 Å². The van der Waals surface area contributed by atoms with Crippen LogP contribution in [0.25, 0.3) is 5.69 Å². The van der Waals surface area contributed by atoms with Crippen LogP contribution in [0.5, 0.6) is 0 Å². The molecule has 0 aliphatic rings. The lowest BCUT2D eigenvalue weighted by Crippen LogP contribution is -2.09. The summed E-state index contributed by atoms with van der Waals surface area (Å²) in [5.41, 5.74) is 6.45. The molecule has 0 unspecified atom stereocenters. The zero-order valence-electron chi connectivity index (χ0n) is 11.0. The van der Waals surface area contributed by atoms with E-state index in [0.29, 0.717) is 16.0 Å². The van der Waals surface area contributed by atoms with E-state index in [2.05, 4.69) is 20.9 Å². The number of aromatic nitrogens is 2. The van der Waals surface area contributed by atoms with E-state index >= 15 is 0 Å². The Morgan fingerprint density at radius 3 is 2.85 bits per heavy atom. The van der Waals surface area contributed by atoms with Crippen molar-refractivity contribution >= 4 is 27.7 Å². The van der Waals surface area contributed by atoms with E-state index in [1.807, 2.05) is 0 Å². The Bertz CT molecular complexity index is 670. The number of ether oxygens (including phenoxy) is 1. The normalized spacial score (nSPS) is 10.6. The summed E-state index contributed by atoms with van der Waals surface area (Å²) in [7, 11) is 0. The third-order valence-corrected chi connectivity index (χ3v) is 3.35. The number of nitrogens with zero attached hydrogens (tertiary/aromatic N) is 2. The summed E-state index contributed by atoms with van der Waals surface area (Å²) in [5.74, 6) is -0.410. The Balaban J connectivity index is 2.52. The minimum Gasteiger partial charge on any atom is -0.461 e. The number of carbonyl (C=O) groups excluding carboxylic acids is 1. The van der Waals surface area contributed by atoms with E-state index in [4.69, 9.17) is 10.5 Å². The molecule has 0 atom stereocenters. The van der Waals surface area contributed by atoms with Gasteiger partial charge in [-0.2, -0.15) is 0 Å². The minimum absolute atomic E-state index is 0.0349. The summed E-state index contributed by atoms with van der Waals surface area (Å²) in [6, 6.07) is 4.55. The highest BCUT2D eigenvalue weighted by atomic mass is 79.9. The van der Waals surface area contributed by atoms with E-state index in [-0.39, 0.29) is 18.1 Å². The van der Waals surface area contributed by atoms with Crippen molar-refractivity contribution in [3.8, 4) is 5.69 Å². The van der Waals surface area contributed by atoms with Crippen molar-refractivity contribution in [1.82, 2.24) is 9.55 Å². The highest BCUT2D eigenvalue weighted by molar-refractivity contribution is 9.10. The maximum Gasteiger partial charge on any atom is 0.360 e. The number of rotatable bonds is 3. The molecule has 2 N–H and O–H groups in total. The Kier molecular flexibility index (Phi) is 4.08. The van der Waals surface area contributed by atoms with Crippen LogP contribution in [0.15, 0.2) is 22.7 Å². The lowest BCUT2D eigenvalue weighted by Gasteiger charge is -2.08. The summed E-state index contributed by atoms with van der Waals surface area (Å²) >= 11 is 3.08. The molecule has 0 bridgehead atoms. The molecule has 0 amide bonds. The monoisotopic (exact) mass is 341 g/mol. The minimum atomic E-state index is -0.593. The maximum atomic E-state index is 13.6. The van der Waals surface area contributed by atoms with Gasteiger partial charge in [-0.3, -0.25) is 4.57 Å². The van der Waals surface area contributed by atoms with E-state index in [9.17, 15) is 9.18 Å². The quantitative estimate of drug-likeness (QED) is 0.871. The molecule has 1 aromatic heterocycles.